The lowest BCUT2D eigenvalue weighted by Crippen LogP contribution is -2.12. The molecule has 1 aliphatic heterocycles. The van der Waals surface area contributed by atoms with Gasteiger partial charge in [0.1, 0.15) is 5.69 Å². The lowest BCUT2D eigenvalue weighted by molar-refractivity contribution is 0.102. The van der Waals surface area contributed by atoms with E-state index in [9.17, 15) is 4.79 Å². The number of hydrogen-bond donors (Lipinski definition) is 1. The molecule has 0 atom stereocenters. The van der Waals surface area contributed by atoms with E-state index in [1.807, 2.05) is 25.1 Å². The number of nitrogens with zero attached hydrogens (tertiary/aromatic N) is 2. The molecule has 0 unspecified atom stereocenters. The number of anilines is 1. The van der Waals surface area contributed by atoms with Crippen LogP contribution in [0.3, 0.4) is 0 Å². The van der Waals surface area contributed by atoms with Gasteiger partial charge in [0.25, 0.3) is 0 Å². The molecular formula is C15H16ClN3O. The van der Waals surface area contributed by atoms with E-state index in [-0.39, 0.29) is 5.78 Å². The number of rotatable bonds is 4. The van der Waals surface area contributed by atoms with E-state index in [0.29, 0.717) is 22.8 Å². The summed E-state index contributed by atoms with van der Waals surface area (Å²) >= 11 is 6.13. The van der Waals surface area contributed by atoms with Crippen LogP contribution in [0.4, 0.5) is 5.69 Å². The minimum atomic E-state index is -0.0596. The van der Waals surface area contributed by atoms with E-state index < -0.39 is 0 Å². The van der Waals surface area contributed by atoms with Gasteiger partial charge in [-0.15, -0.1) is 0 Å². The van der Waals surface area contributed by atoms with Crippen LogP contribution in [0.5, 0.6) is 0 Å². The first kappa shape index (κ1) is 13.2. The van der Waals surface area contributed by atoms with Crippen molar-refractivity contribution in [3.8, 4) is 0 Å². The molecule has 2 heterocycles. The van der Waals surface area contributed by atoms with Crippen LogP contribution in [0.25, 0.3) is 0 Å². The van der Waals surface area contributed by atoms with Crippen LogP contribution in [0.15, 0.2) is 24.4 Å². The van der Waals surface area contributed by atoms with Crippen molar-refractivity contribution in [2.75, 3.05) is 11.9 Å². The molecule has 2 aromatic rings. The molecular weight excluding hydrogens is 274 g/mol. The zero-order chi connectivity index (χ0) is 14.1. The highest BCUT2D eigenvalue weighted by molar-refractivity contribution is 6.34. The van der Waals surface area contributed by atoms with Crippen molar-refractivity contribution in [1.29, 1.82) is 0 Å². The molecule has 0 saturated heterocycles. The van der Waals surface area contributed by atoms with E-state index in [1.165, 1.54) is 5.56 Å². The first-order valence-electron chi connectivity index (χ1n) is 6.83. The van der Waals surface area contributed by atoms with Gasteiger partial charge in [0.2, 0.25) is 5.78 Å². The molecule has 4 nitrogen and oxygen atoms in total. The van der Waals surface area contributed by atoms with Crippen molar-refractivity contribution in [3.05, 3.63) is 46.2 Å². The molecule has 1 N–H and O–H groups in total. The van der Waals surface area contributed by atoms with Crippen LogP contribution in [-0.2, 0) is 13.0 Å². The maximum Gasteiger partial charge on any atom is 0.212 e. The summed E-state index contributed by atoms with van der Waals surface area (Å²) in [5.41, 5.74) is 3.47. The van der Waals surface area contributed by atoms with Crippen LogP contribution in [0.2, 0.25) is 5.02 Å². The number of carbonyl (C=O) groups is 1. The Bertz CT molecular complexity index is 663. The second-order valence-corrected chi connectivity index (χ2v) is 5.35. The Morgan fingerprint density at radius 1 is 1.50 bits per heavy atom. The number of aromatic nitrogens is 2. The maximum absolute atomic E-state index is 12.7. The van der Waals surface area contributed by atoms with Gasteiger partial charge in [0.05, 0.1) is 11.2 Å². The number of aryl methyl sites for hydroxylation is 1. The molecule has 3 rings (SSSR count). The molecule has 0 bridgehead atoms. The molecule has 5 heteroatoms. The average Bonchev–Trinajstić information content (AvgIpc) is 3.04. The quantitative estimate of drug-likeness (QED) is 0.880. The van der Waals surface area contributed by atoms with Crippen LogP contribution >= 0.6 is 11.6 Å². The predicted molar refractivity (Wildman–Crippen MR) is 79.6 cm³/mol. The lowest BCUT2D eigenvalue weighted by atomic mass is 10.0. The smallest absolute Gasteiger partial charge is 0.212 e. The van der Waals surface area contributed by atoms with E-state index in [2.05, 4.69) is 10.4 Å². The molecule has 0 radical (unpaired) electrons. The van der Waals surface area contributed by atoms with Gasteiger partial charge in [-0.1, -0.05) is 18.5 Å². The molecule has 0 saturated carbocycles. The molecule has 20 heavy (non-hydrogen) atoms. The topological polar surface area (TPSA) is 46.9 Å². The molecule has 104 valence electrons. The summed E-state index contributed by atoms with van der Waals surface area (Å²) in [6.45, 7) is 3.67. The second kappa shape index (κ2) is 5.29. The fourth-order valence-corrected chi connectivity index (χ4v) is 2.78. The number of benzene rings is 1. The van der Waals surface area contributed by atoms with Crippen molar-refractivity contribution in [2.24, 2.45) is 0 Å². The Morgan fingerprint density at radius 2 is 2.35 bits per heavy atom. The fourth-order valence-electron chi connectivity index (χ4n) is 2.55. The van der Waals surface area contributed by atoms with Crippen molar-refractivity contribution < 1.29 is 4.79 Å². The Balaban J connectivity index is 1.98. The van der Waals surface area contributed by atoms with Gasteiger partial charge in [-0.2, -0.15) is 5.10 Å². The molecule has 0 spiro atoms. The Labute approximate surface area is 122 Å². The third-order valence-corrected chi connectivity index (χ3v) is 3.80. The zero-order valence-corrected chi connectivity index (χ0v) is 12.1. The summed E-state index contributed by atoms with van der Waals surface area (Å²) in [5.74, 6) is -0.0596. The van der Waals surface area contributed by atoms with Crippen LogP contribution in [-0.4, -0.2) is 22.1 Å². The Hall–Kier alpha value is -1.81. The first-order chi connectivity index (χ1) is 9.70. The van der Waals surface area contributed by atoms with Crippen molar-refractivity contribution in [3.63, 3.8) is 0 Å². The van der Waals surface area contributed by atoms with Gasteiger partial charge in [-0.3, -0.25) is 9.48 Å². The minimum Gasteiger partial charge on any atom is -0.384 e. The highest BCUT2D eigenvalue weighted by Gasteiger charge is 2.20. The highest BCUT2D eigenvalue weighted by Crippen LogP contribution is 2.26. The standard InChI is InChI=1S/C15H16ClN3O/c1-2-7-19-14(12(16)9-18-19)15(20)11-3-4-13-10(8-11)5-6-17-13/h3-4,8-9,17H,2,5-7H2,1H3. The van der Waals surface area contributed by atoms with E-state index >= 15 is 0 Å². The molecule has 1 aromatic carbocycles. The van der Waals surface area contributed by atoms with Crippen molar-refractivity contribution >= 4 is 23.1 Å². The number of halogens is 1. The first-order valence-corrected chi connectivity index (χ1v) is 7.21. The number of nitrogens with one attached hydrogen (secondary N) is 1. The fraction of sp³-hybridized carbons (Fsp3) is 0.333. The molecule has 1 aromatic heterocycles. The van der Waals surface area contributed by atoms with Crippen molar-refractivity contribution in [2.45, 2.75) is 26.3 Å². The number of hydrogen-bond acceptors (Lipinski definition) is 3. The van der Waals surface area contributed by atoms with Crippen LogP contribution < -0.4 is 5.32 Å². The lowest BCUT2D eigenvalue weighted by Gasteiger charge is -2.07. The Morgan fingerprint density at radius 3 is 3.15 bits per heavy atom. The Kier molecular flexibility index (Phi) is 3.49. The van der Waals surface area contributed by atoms with Gasteiger partial charge in [-0.25, -0.2) is 0 Å². The van der Waals surface area contributed by atoms with Crippen LogP contribution in [0.1, 0.15) is 35.0 Å². The maximum atomic E-state index is 12.7. The van der Waals surface area contributed by atoms with Gasteiger partial charge >= 0.3 is 0 Å². The summed E-state index contributed by atoms with van der Waals surface area (Å²) in [4.78, 5) is 12.7. The number of fused-ring (bicyclic) bond motifs is 1. The molecule has 0 amide bonds. The number of ketones is 1. The van der Waals surface area contributed by atoms with E-state index in [4.69, 9.17) is 11.6 Å². The van der Waals surface area contributed by atoms with Gasteiger partial charge in [-0.05, 0) is 36.6 Å². The second-order valence-electron chi connectivity index (χ2n) is 4.94. The summed E-state index contributed by atoms with van der Waals surface area (Å²) in [6, 6.07) is 5.76. The van der Waals surface area contributed by atoms with E-state index in [1.54, 1.807) is 10.9 Å². The highest BCUT2D eigenvalue weighted by atomic mass is 35.5. The van der Waals surface area contributed by atoms with E-state index in [0.717, 1.165) is 25.1 Å². The molecule has 0 fully saturated rings. The predicted octanol–water partition coefficient (Wildman–Crippen LogP) is 3.15. The van der Waals surface area contributed by atoms with Crippen LogP contribution in [0, 0.1) is 0 Å². The zero-order valence-electron chi connectivity index (χ0n) is 11.3. The van der Waals surface area contributed by atoms with Gasteiger partial charge in [0.15, 0.2) is 0 Å². The SMILES string of the molecule is CCCn1ncc(Cl)c1C(=O)c1ccc2c(c1)CCN2. The van der Waals surface area contributed by atoms with Gasteiger partial charge in [0, 0.05) is 24.3 Å². The summed E-state index contributed by atoms with van der Waals surface area (Å²) in [5, 5.41) is 7.88. The van der Waals surface area contributed by atoms with Crippen molar-refractivity contribution in [1.82, 2.24) is 9.78 Å². The molecule has 0 aliphatic carbocycles. The normalized spacial score (nSPS) is 13.1. The minimum absolute atomic E-state index is 0.0596. The third-order valence-electron chi connectivity index (χ3n) is 3.52. The number of carbonyl (C=O) groups excluding carboxylic acids is 1. The third kappa shape index (κ3) is 2.20. The summed E-state index contributed by atoms with van der Waals surface area (Å²) in [7, 11) is 0. The van der Waals surface area contributed by atoms with Gasteiger partial charge < -0.3 is 5.32 Å². The molecule has 1 aliphatic rings. The summed E-state index contributed by atoms with van der Waals surface area (Å²) in [6.07, 6.45) is 3.41. The summed E-state index contributed by atoms with van der Waals surface area (Å²) < 4.78 is 1.69. The monoisotopic (exact) mass is 289 g/mol. The largest absolute Gasteiger partial charge is 0.384 e. The average molecular weight is 290 g/mol.